The molecule has 1 rings (SSSR count). The largest absolute Gasteiger partial charge is 0.309 e. The number of aryl methyl sites for hydroxylation is 2. The van der Waals surface area contributed by atoms with Gasteiger partial charge < -0.3 is 5.32 Å². The molecule has 0 saturated heterocycles. The number of nitrogens with one attached hydrogen (secondary N) is 1. The zero-order valence-electron chi connectivity index (χ0n) is 11.2. The van der Waals surface area contributed by atoms with Gasteiger partial charge in [0.15, 0.2) is 0 Å². The molecule has 0 fully saturated rings. The van der Waals surface area contributed by atoms with Crippen molar-refractivity contribution in [2.24, 2.45) is 5.92 Å². The van der Waals surface area contributed by atoms with Gasteiger partial charge in [-0.05, 0) is 19.8 Å². The topological polar surface area (TPSA) is 24.9 Å². The molecule has 0 aliphatic rings. The van der Waals surface area contributed by atoms with Crippen molar-refractivity contribution in [2.45, 2.75) is 52.5 Å². The predicted molar refractivity (Wildman–Crippen MR) is 77.0 cm³/mol. The second-order valence-corrected chi connectivity index (χ2v) is 6.32. The van der Waals surface area contributed by atoms with E-state index < -0.39 is 0 Å². The molecule has 0 aromatic carbocycles. The van der Waals surface area contributed by atoms with Crippen LogP contribution in [0.1, 0.15) is 42.3 Å². The van der Waals surface area contributed by atoms with Gasteiger partial charge >= 0.3 is 0 Å². The van der Waals surface area contributed by atoms with Crippen LogP contribution in [-0.2, 0) is 6.54 Å². The second-order valence-electron chi connectivity index (χ2n) is 4.47. The third-order valence-corrected chi connectivity index (χ3v) is 4.83. The molecule has 0 radical (unpaired) electrons. The van der Waals surface area contributed by atoms with Gasteiger partial charge in [0, 0.05) is 23.3 Å². The summed E-state index contributed by atoms with van der Waals surface area (Å²) >= 11 is 8.14. The normalized spacial score (nSPS) is 13.3. The quantitative estimate of drug-likeness (QED) is 0.763. The molecular weight excluding hydrogens is 252 g/mol. The Kier molecular flexibility index (Phi) is 6.45. The average molecular weight is 275 g/mol. The average Bonchev–Trinajstić information content (AvgIpc) is 2.60. The van der Waals surface area contributed by atoms with Crippen LogP contribution in [0.3, 0.4) is 0 Å². The molecule has 0 aliphatic carbocycles. The van der Waals surface area contributed by atoms with Crippen LogP contribution in [0.15, 0.2) is 0 Å². The predicted octanol–water partition coefficient (Wildman–Crippen LogP) is 3.89. The molecule has 0 spiro atoms. The maximum absolute atomic E-state index is 6.37. The van der Waals surface area contributed by atoms with Gasteiger partial charge in [-0.2, -0.15) is 0 Å². The van der Waals surface area contributed by atoms with Crippen LogP contribution in [0.5, 0.6) is 0 Å². The van der Waals surface area contributed by atoms with E-state index in [9.17, 15) is 0 Å². The summed E-state index contributed by atoms with van der Waals surface area (Å²) in [7, 11) is 0. The first-order valence-corrected chi connectivity index (χ1v) is 7.61. The van der Waals surface area contributed by atoms with Crippen molar-refractivity contribution >= 4 is 22.9 Å². The molecule has 17 heavy (non-hydrogen) atoms. The Labute approximate surface area is 114 Å². The molecule has 1 aromatic heterocycles. The highest BCUT2D eigenvalue weighted by Gasteiger charge is 2.15. The Morgan fingerprint density at radius 2 is 1.94 bits per heavy atom. The molecule has 2 nitrogen and oxygen atoms in total. The van der Waals surface area contributed by atoms with Crippen molar-refractivity contribution in [3.05, 3.63) is 15.6 Å². The van der Waals surface area contributed by atoms with Gasteiger partial charge in [-0.15, -0.1) is 22.9 Å². The fraction of sp³-hybridized carbons (Fsp3) is 0.769. The van der Waals surface area contributed by atoms with Gasteiger partial charge in [0.2, 0.25) is 0 Å². The smallest absolute Gasteiger partial charge is 0.107 e. The Bertz CT molecular complexity index is 315. The molecule has 1 unspecified atom stereocenters. The van der Waals surface area contributed by atoms with E-state index in [1.807, 2.05) is 0 Å². The minimum Gasteiger partial charge on any atom is -0.309 e. The third-order valence-electron chi connectivity index (χ3n) is 3.25. The van der Waals surface area contributed by atoms with Crippen molar-refractivity contribution in [2.75, 3.05) is 6.54 Å². The zero-order chi connectivity index (χ0) is 12.8. The maximum atomic E-state index is 6.37. The van der Waals surface area contributed by atoms with E-state index in [1.165, 1.54) is 4.88 Å². The Balaban J connectivity index is 2.32. The lowest BCUT2D eigenvalue weighted by molar-refractivity contribution is 0.446. The Morgan fingerprint density at radius 1 is 1.29 bits per heavy atom. The molecule has 0 aliphatic heterocycles. The van der Waals surface area contributed by atoms with Gasteiger partial charge in [-0.3, -0.25) is 0 Å². The SMILES string of the molecule is CCC(CC)C(Cl)CNCc1nc(C)c(C)s1. The number of thiazole rings is 1. The molecule has 4 heteroatoms. The highest BCUT2D eigenvalue weighted by atomic mass is 35.5. The number of aromatic nitrogens is 1. The van der Waals surface area contributed by atoms with E-state index in [4.69, 9.17) is 11.6 Å². The lowest BCUT2D eigenvalue weighted by Crippen LogP contribution is -2.28. The van der Waals surface area contributed by atoms with Crippen molar-refractivity contribution in [1.29, 1.82) is 0 Å². The minimum atomic E-state index is 0.229. The fourth-order valence-corrected chi connectivity index (χ4v) is 3.27. The van der Waals surface area contributed by atoms with Crippen LogP contribution >= 0.6 is 22.9 Å². The standard InChI is InChI=1S/C13H23ClN2S/c1-5-11(6-2)12(14)7-15-8-13-16-9(3)10(4)17-13/h11-12,15H,5-8H2,1-4H3. The van der Waals surface area contributed by atoms with E-state index >= 15 is 0 Å². The summed E-state index contributed by atoms with van der Waals surface area (Å²) in [6, 6.07) is 0. The van der Waals surface area contributed by atoms with Crippen LogP contribution in [0.4, 0.5) is 0 Å². The van der Waals surface area contributed by atoms with E-state index in [-0.39, 0.29) is 5.38 Å². The number of hydrogen-bond donors (Lipinski definition) is 1. The second kappa shape index (κ2) is 7.34. The van der Waals surface area contributed by atoms with Gasteiger partial charge in [-0.25, -0.2) is 4.98 Å². The first kappa shape index (κ1) is 14.9. The Morgan fingerprint density at radius 3 is 2.41 bits per heavy atom. The fourth-order valence-electron chi connectivity index (χ4n) is 1.90. The van der Waals surface area contributed by atoms with Crippen LogP contribution < -0.4 is 5.32 Å². The summed E-state index contributed by atoms with van der Waals surface area (Å²) in [5.74, 6) is 0.615. The summed E-state index contributed by atoms with van der Waals surface area (Å²) in [6.07, 6.45) is 2.31. The summed E-state index contributed by atoms with van der Waals surface area (Å²) in [5, 5.41) is 4.80. The molecule has 1 atom stereocenters. The van der Waals surface area contributed by atoms with Crippen LogP contribution in [0.2, 0.25) is 0 Å². The van der Waals surface area contributed by atoms with Crippen molar-refractivity contribution in [3.63, 3.8) is 0 Å². The molecular formula is C13H23ClN2S. The number of alkyl halides is 1. The molecule has 1 aromatic rings. The molecule has 0 amide bonds. The minimum absolute atomic E-state index is 0.229. The van der Waals surface area contributed by atoms with Crippen LogP contribution in [0, 0.1) is 19.8 Å². The first-order chi connectivity index (χ1) is 8.08. The van der Waals surface area contributed by atoms with Crippen molar-refractivity contribution < 1.29 is 0 Å². The molecule has 1 N–H and O–H groups in total. The summed E-state index contributed by atoms with van der Waals surface area (Å²) < 4.78 is 0. The van der Waals surface area contributed by atoms with Crippen LogP contribution in [0.25, 0.3) is 0 Å². The molecule has 0 saturated carbocycles. The van der Waals surface area contributed by atoms with Gasteiger partial charge in [-0.1, -0.05) is 26.7 Å². The number of halogens is 1. The highest BCUT2D eigenvalue weighted by molar-refractivity contribution is 7.11. The van der Waals surface area contributed by atoms with E-state index in [0.29, 0.717) is 5.92 Å². The number of nitrogens with zero attached hydrogens (tertiary/aromatic N) is 1. The third kappa shape index (κ3) is 4.57. The van der Waals surface area contributed by atoms with Gasteiger partial charge in [0.25, 0.3) is 0 Å². The maximum Gasteiger partial charge on any atom is 0.107 e. The van der Waals surface area contributed by atoms with E-state index in [2.05, 4.69) is 38.0 Å². The number of hydrogen-bond acceptors (Lipinski definition) is 3. The summed E-state index contributed by atoms with van der Waals surface area (Å²) in [5.41, 5.74) is 1.15. The van der Waals surface area contributed by atoms with E-state index in [1.54, 1.807) is 11.3 Å². The molecule has 98 valence electrons. The molecule has 1 heterocycles. The van der Waals surface area contributed by atoms with Crippen molar-refractivity contribution in [3.8, 4) is 0 Å². The first-order valence-electron chi connectivity index (χ1n) is 6.36. The summed E-state index contributed by atoms with van der Waals surface area (Å²) in [4.78, 5) is 5.81. The Hall–Kier alpha value is -0.120. The highest BCUT2D eigenvalue weighted by Crippen LogP contribution is 2.19. The number of rotatable bonds is 7. The summed E-state index contributed by atoms with van der Waals surface area (Å²) in [6.45, 7) is 10.3. The zero-order valence-corrected chi connectivity index (χ0v) is 12.8. The van der Waals surface area contributed by atoms with E-state index in [0.717, 1.165) is 36.6 Å². The van der Waals surface area contributed by atoms with Crippen LogP contribution in [-0.4, -0.2) is 16.9 Å². The monoisotopic (exact) mass is 274 g/mol. The lowest BCUT2D eigenvalue weighted by atomic mass is 9.99. The van der Waals surface area contributed by atoms with Crippen molar-refractivity contribution in [1.82, 2.24) is 10.3 Å². The lowest BCUT2D eigenvalue weighted by Gasteiger charge is -2.19. The molecule has 0 bridgehead atoms. The van der Waals surface area contributed by atoms with Gasteiger partial charge in [0.1, 0.15) is 5.01 Å². The van der Waals surface area contributed by atoms with Gasteiger partial charge in [0.05, 0.1) is 5.69 Å².